The van der Waals surface area contributed by atoms with E-state index in [2.05, 4.69) is 12.2 Å². The average molecular weight is 327 g/mol. The van der Waals surface area contributed by atoms with Crippen LogP contribution in [-0.4, -0.2) is 29.3 Å². The summed E-state index contributed by atoms with van der Waals surface area (Å²) < 4.78 is 10.8. The lowest BCUT2D eigenvalue weighted by Gasteiger charge is -2.32. The maximum atomic E-state index is 12.3. The van der Waals surface area contributed by atoms with E-state index in [1.807, 2.05) is 0 Å². The third-order valence-corrected chi connectivity index (χ3v) is 4.09. The maximum absolute atomic E-state index is 12.3. The Kier molecular flexibility index (Phi) is 6.90. The zero-order chi connectivity index (χ0) is 17.7. The molecule has 0 saturated heterocycles. The van der Waals surface area contributed by atoms with Crippen LogP contribution >= 0.6 is 0 Å². The third kappa shape index (κ3) is 7.23. The van der Waals surface area contributed by atoms with Crippen molar-refractivity contribution < 1.29 is 19.1 Å². The minimum atomic E-state index is -1.09. The summed E-state index contributed by atoms with van der Waals surface area (Å²) in [5.41, 5.74) is -1.69. The number of nitrogens with one attached hydrogen (secondary N) is 1. The van der Waals surface area contributed by atoms with Gasteiger partial charge in [-0.2, -0.15) is 0 Å². The quantitative estimate of drug-likeness (QED) is 0.769. The summed E-state index contributed by atoms with van der Waals surface area (Å²) in [6.07, 6.45) is 5.89. The summed E-state index contributed by atoms with van der Waals surface area (Å²) in [5.74, 6) is 0.366. The van der Waals surface area contributed by atoms with Crippen LogP contribution in [0.4, 0.5) is 4.79 Å². The lowest BCUT2D eigenvalue weighted by molar-refractivity contribution is -0.157. The van der Waals surface area contributed by atoms with Crippen LogP contribution in [0, 0.1) is 5.92 Å². The zero-order valence-corrected chi connectivity index (χ0v) is 15.5. The van der Waals surface area contributed by atoms with Crippen molar-refractivity contribution in [1.82, 2.24) is 5.32 Å². The maximum Gasteiger partial charge on any atom is 0.408 e. The van der Waals surface area contributed by atoms with E-state index < -0.39 is 23.2 Å². The second-order valence-corrected chi connectivity index (χ2v) is 8.09. The van der Waals surface area contributed by atoms with Crippen molar-refractivity contribution in [3.05, 3.63) is 0 Å². The lowest BCUT2D eigenvalue weighted by atomic mass is 9.84. The Morgan fingerprint density at radius 1 is 1.04 bits per heavy atom. The Bertz CT molecular complexity index is 404. The standard InChI is InChI=1S/C18H33NO4/c1-7-8-13-9-11-14(12-10-13)22-15(20)18(5,6)19-16(21)23-17(2,3)4/h13-14H,7-12H2,1-6H3,(H,19,21). The molecule has 0 spiro atoms. The molecule has 1 rings (SSSR count). The molecule has 134 valence electrons. The monoisotopic (exact) mass is 327 g/mol. The van der Waals surface area contributed by atoms with Crippen molar-refractivity contribution in [3.63, 3.8) is 0 Å². The molecule has 0 aromatic rings. The molecule has 1 fully saturated rings. The van der Waals surface area contributed by atoms with Crippen molar-refractivity contribution in [2.45, 2.75) is 97.3 Å². The minimum absolute atomic E-state index is 0.0321. The molecule has 1 amide bonds. The molecule has 1 saturated carbocycles. The smallest absolute Gasteiger partial charge is 0.408 e. The van der Waals surface area contributed by atoms with E-state index in [9.17, 15) is 9.59 Å². The molecular formula is C18H33NO4. The van der Waals surface area contributed by atoms with Crippen LogP contribution in [0.15, 0.2) is 0 Å². The highest BCUT2D eigenvalue weighted by Gasteiger charge is 2.35. The summed E-state index contributed by atoms with van der Waals surface area (Å²) in [6.45, 7) is 10.8. The van der Waals surface area contributed by atoms with E-state index in [4.69, 9.17) is 9.47 Å². The second-order valence-electron chi connectivity index (χ2n) is 8.09. The molecule has 0 unspecified atom stereocenters. The average Bonchev–Trinajstić information content (AvgIpc) is 2.38. The van der Waals surface area contributed by atoms with E-state index in [-0.39, 0.29) is 6.10 Å². The summed E-state index contributed by atoms with van der Waals surface area (Å²) in [7, 11) is 0. The first kappa shape index (κ1) is 19.8. The molecule has 23 heavy (non-hydrogen) atoms. The zero-order valence-electron chi connectivity index (χ0n) is 15.5. The van der Waals surface area contributed by atoms with Gasteiger partial charge in [-0.05, 0) is 66.2 Å². The SMILES string of the molecule is CCCC1CCC(OC(=O)C(C)(C)NC(=O)OC(C)(C)C)CC1. The highest BCUT2D eigenvalue weighted by Crippen LogP contribution is 2.30. The normalized spacial score (nSPS) is 22.3. The van der Waals surface area contributed by atoms with Crippen LogP contribution in [0.3, 0.4) is 0 Å². The van der Waals surface area contributed by atoms with Crippen LogP contribution in [0.5, 0.6) is 0 Å². The molecule has 1 aliphatic carbocycles. The molecule has 0 atom stereocenters. The van der Waals surface area contributed by atoms with Gasteiger partial charge >= 0.3 is 12.1 Å². The van der Waals surface area contributed by atoms with E-state index in [0.29, 0.717) is 0 Å². The number of hydrogen-bond donors (Lipinski definition) is 1. The van der Waals surface area contributed by atoms with Gasteiger partial charge in [0.2, 0.25) is 0 Å². The van der Waals surface area contributed by atoms with Gasteiger partial charge in [-0.3, -0.25) is 0 Å². The van der Waals surface area contributed by atoms with Crippen LogP contribution in [-0.2, 0) is 14.3 Å². The first-order valence-corrected chi connectivity index (χ1v) is 8.75. The molecule has 0 aromatic heterocycles. The summed E-state index contributed by atoms with van der Waals surface area (Å²) in [4.78, 5) is 24.2. The van der Waals surface area contributed by atoms with Crippen molar-refractivity contribution in [2.75, 3.05) is 0 Å². The lowest BCUT2D eigenvalue weighted by Crippen LogP contribution is -2.52. The fourth-order valence-corrected chi connectivity index (χ4v) is 2.86. The largest absolute Gasteiger partial charge is 0.461 e. The molecule has 0 aromatic carbocycles. The fraction of sp³-hybridized carbons (Fsp3) is 0.889. The van der Waals surface area contributed by atoms with Gasteiger partial charge < -0.3 is 14.8 Å². The number of alkyl carbamates (subject to hydrolysis) is 1. The van der Waals surface area contributed by atoms with Crippen molar-refractivity contribution in [1.29, 1.82) is 0 Å². The first-order chi connectivity index (χ1) is 10.5. The number of rotatable bonds is 5. The summed E-state index contributed by atoms with van der Waals surface area (Å²) in [5, 5.41) is 2.60. The van der Waals surface area contributed by atoms with Crippen LogP contribution < -0.4 is 5.32 Å². The predicted octanol–water partition coefficient (Wildman–Crippen LogP) is 4.19. The highest BCUT2D eigenvalue weighted by atomic mass is 16.6. The van der Waals surface area contributed by atoms with Gasteiger partial charge in [0.25, 0.3) is 0 Å². The first-order valence-electron chi connectivity index (χ1n) is 8.75. The number of hydrogen-bond acceptors (Lipinski definition) is 4. The fourth-order valence-electron chi connectivity index (χ4n) is 2.86. The molecular weight excluding hydrogens is 294 g/mol. The summed E-state index contributed by atoms with van der Waals surface area (Å²) in [6, 6.07) is 0. The van der Waals surface area contributed by atoms with Gasteiger partial charge in [-0.15, -0.1) is 0 Å². The van der Waals surface area contributed by atoms with Crippen LogP contribution in [0.1, 0.15) is 80.1 Å². The van der Waals surface area contributed by atoms with Gasteiger partial charge in [0.1, 0.15) is 17.2 Å². The van der Waals surface area contributed by atoms with Crippen molar-refractivity contribution in [2.24, 2.45) is 5.92 Å². The van der Waals surface area contributed by atoms with Crippen LogP contribution in [0.25, 0.3) is 0 Å². The molecule has 0 heterocycles. The molecule has 5 heteroatoms. The van der Waals surface area contributed by atoms with E-state index in [0.717, 1.165) is 31.6 Å². The van der Waals surface area contributed by atoms with Gasteiger partial charge in [0.15, 0.2) is 0 Å². The summed E-state index contributed by atoms with van der Waals surface area (Å²) >= 11 is 0. The van der Waals surface area contributed by atoms with E-state index in [1.165, 1.54) is 12.8 Å². The Labute approximate surface area is 140 Å². The van der Waals surface area contributed by atoms with Gasteiger partial charge in [-0.25, -0.2) is 9.59 Å². The Hall–Kier alpha value is -1.26. The van der Waals surface area contributed by atoms with Crippen LogP contribution in [0.2, 0.25) is 0 Å². The molecule has 0 bridgehead atoms. The second kappa shape index (κ2) is 8.02. The molecule has 1 aliphatic rings. The van der Waals surface area contributed by atoms with E-state index in [1.54, 1.807) is 34.6 Å². The number of ether oxygens (including phenoxy) is 2. The number of carbonyl (C=O) groups is 2. The number of amides is 1. The van der Waals surface area contributed by atoms with E-state index >= 15 is 0 Å². The van der Waals surface area contributed by atoms with Gasteiger partial charge in [-0.1, -0.05) is 19.8 Å². The number of carbonyl (C=O) groups excluding carboxylic acids is 2. The number of esters is 1. The minimum Gasteiger partial charge on any atom is -0.461 e. The Morgan fingerprint density at radius 2 is 1.61 bits per heavy atom. The van der Waals surface area contributed by atoms with Gasteiger partial charge in [0, 0.05) is 0 Å². The highest BCUT2D eigenvalue weighted by molar-refractivity contribution is 5.85. The molecule has 5 nitrogen and oxygen atoms in total. The van der Waals surface area contributed by atoms with Crippen molar-refractivity contribution >= 4 is 12.1 Å². The van der Waals surface area contributed by atoms with Gasteiger partial charge in [0.05, 0.1) is 0 Å². The Morgan fingerprint density at radius 3 is 2.09 bits per heavy atom. The van der Waals surface area contributed by atoms with Crippen molar-refractivity contribution in [3.8, 4) is 0 Å². The molecule has 1 N–H and O–H groups in total. The molecule has 0 radical (unpaired) electrons. The predicted molar refractivity (Wildman–Crippen MR) is 90.2 cm³/mol. The third-order valence-electron chi connectivity index (χ3n) is 4.09. The topological polar surface area (TPSA) is 64.6 Å². The molecule has 0 aliphatic heterocycles. The Balaban J connectivity index is 2.45.